The van der Waals surface area contributed by atoms with Crippen molar-refractivity contribution in [3.8, 4) is 17.1 Å². The van der Waals surface area contributed by atoms with Crippen LogP contribution < -0.4 is 0 Å². The van der Waals surface area contributed by atoms with Crippen LogP contribution in [0.5, 0.6) is 5.75 Å². The number of amides is 1. The van der Waals surface area contributed by atoms with Crippen LogP contribution in [0.2, 0.25) is 0 Å². The Bertz CT molecular complexity index is 820. The van der Waals surface area contributed by atoms with Crippen molar-refractivity contribution in [2.45, 2.75) is 6.54 Å². The maximum atomic E-state index is 12.4. The highest BCUT2D eigenvalue weighted by molar-refractivity contribution is 5.92. The highest BCUT2D eigenvalue weighted by Gasteiger charge is 2.18. The highest BCUT2D eigenvalue weighted by Crippen LogP contribution is 2.23. The molecule has 1 amide bonds. The van der Waals surface area contributed by atoms with E-state index in [1.54, 1.807) is 42.1 Å². The number of carbonyl (C=O) groups is 1. The van der Waals surface area contributed by atoms with Gasteiger partial charge in [0.1, 0.15) is 5.75 Å². The standard InChI is InChI=1S/C16H16N4O3/c1-19(10-12-7-8-20(2)17-12)16(22)14-9-15(23-18-14)11-3-5-13(21)6-4-11/h3-9,21H,10H2,1-2H3. The molecule has 3 rings (SSSR count). The molecule has 7 nitrogen and oxygen atoms in total. The molecule has 2 aromatic heterocycles. The number of phenolic OH excluding ortho intramolecular Hbond substituents is 1. The molecule has 0 aliphatic rings. The number of aromatic hydroxyl groups is 1. The SMILES string of the molecule is CN(Cc1ccn(C)n1)C(=O)c1cc(-c2ccc(O)cc2)on1. The van der Waals surface area contributed by atoms with E-state index >= 15 is 0 Å². The van der Waals surface area contributed by atoms with Crippen molar-refractivity contribution in [1.82, 2.24) is 19.8 Å². The molecular formula is C16H16N4O3. The molecule has 2 heterocycles. The molecule has 0 radical (unpaired) electrons. The largest absolute Gasteiger partial charge is 0.508 e. The minimum absolute atomic E-state index is 0.166. The normalized spacial score (nSPS) is 10.7. The molecule has 0 fully saturated rings. The average molecular weight is 312 g/mol. The molecule has 118 valence electrons. The summed E-state index contributed by atoms with van der Waals surface area (Å²) in [5.41, 5.74) is 1.76. The number of aryl methyl sites for hydroxylation is 1. The van der Waals surface area contributed by atoms with E-state index in [0.29, 0.717) is 12.3 Å². The molecule has 0 aliphatic heterocycles. The summed E-state index contributed by atoms with van der Waals surface area (Å²) >= 11 is 0. The fourth-order valence-corrected chi connectivity index (χ4v) is 2.20. The molecule has 0 bridgehead atoms. The molecule has 1 N–H and O–H groups in total. The molecule has 0 atom stereocenters. The maximum Gasteiger partial charge on any atom is 0.276 e. The third-order valence-electron chi connectivity index (χ3n) is 3.40. The number of phenols is 1. The lowest BCUT2D eigenvalue weighted by Gasteiger charge is -2.13. The zero-order valence-corrected chi connectivity index (χ0v) is 12.8. The van der Waals surface area contributed by atoms with E-state index in [1.807, 2.05) is 19.3 Å². The van der Waals surface area contributed by atoms with Crippen molar-refractivity contribution in [3.05, 3.63) is 54.0 Å². The lowest BCUT2D eigenvalue weighted by atomic mass is 10.1. The summed E-state index contributed by atoms with van der Waals surface area (Å²) in [5.74, 6) is 0.392. The number of hydrogen-bond acceptors (Lipinski definition) is 5. The number of aromatic nitrogens is 3. The second-order valence-electron chi connectivity index (χ2n) is 5.27. The minimum Gasteiger partial charge on any atom is -0.508 e. The van der Waals surface area contributed by atoms with Gasteiger partial charge in [-0.25, -0.2) is 0 Å². The Hall–Kier alpha value is -3.09. The van der Waals surface area contributed by atoms with Crippen molar-refractivity contribution in [3.63, 3.8) is 0 Å². The Balaban J connectivity index is 1.74. The van der Waals surface area contributed by atoms with Gasteiger partial charge in [0.05, 0.1) is 12.2 Å². The Morgan fingerprint density at radius 2 is 2.04 bits per heavy atom. The molecule has 0 aliphatic carbocycles. The van der Waals surface area contributed by atoms with Crippen LogP contribution in [0, 0.1) is 0 Å². The minimum atomic E-state index is -0.246. The van der Waals surface area contributed by atoms with Crippen molar-refractivity contribution in [2.24, 2.45) is 7.05 Å². The summed E-state index contributed by atoms with van der Waals surface area (Å²) < 4.78 is 6.90. The summed E-state index contributed by atoms with van der Waals surface area (Å²) in [7, 11) is 3.51. The predicted octanol–water partition coefficient (Wildman–Crippen LogP) is 2.05. The maximum absolute atomic E-state index is 12.4. The Morgan fingerprint density at radius 3 is 2.70 bits per heavy atom. The first-order valence-corrected chi connectivity index (χ1v) is 7.03. The van der Waals surface area contributed by atoms with Gasteiger partial charge >= 0.3 is 0 Å². The lowest BCUT2D eigenvalue weighted by Crippen LogP contribution is -2.26. The van der Waals surface area contributed by atoms with E-state index in [9.17, 15) is 9.90 Å². The van der Waals surface area contributed by atoms with Gasteiger partial charge in [-0.3, -0.25) is 9.48 Å². The van der Waals surface area contributed by atoms with Gasteiger partial charge in [-0.15, -0.1) is 0 Å². The summed E-state index contributed by atoms with van der Waals surface area (Å²) in [5, 5.41) is 17.4. The lowest BCUT2D eigenvalue weighted by molar-refractivity contribution is 0.0773. The fraction of sp³-hybridized carbons (Fsp3) is 0.188. The van der Waals surface area contributed by atoms with Crippen LogP contribution in [0.1, 0.15) is 16.2 Å². The van der Waals surface area contributed by atoms with Crippen LogP contribution in [-0.4, -0.2) is 37.9 Å². The Morgan fingerprint density at radius 1 is 1.30 bits per heavy atom. The fourth-order valence-electron chi connectivity index (χ4n) is 2.20. The monoisotopic (exact) mass is 312 g/mol. The van der Waals surface area contributed by atoms with Crippen LogP contribution >= 0.6 is 0 Å². The average Bonchev–Trinajstić information content (AvgIpc) is 3.16. The van der Waals surface area contributed by atoms with Gasteiger partial charge in [-0.2, -0.15) is 5.10 Å². The Kier molecular flexibility index (Phi) is 3.84. The quantitative estimate of drug-likeness (QED) is 0.797. The molecule has 3 aromatic rings. The van der Waals surface area contributed by atoms with Crippen LogP contribution in [0.25, 0.3) is 11.3 Å². The van der Waals surface area contributed by atoms with Gasteiger partial charge < -0.3 is 14.5 Å². The molecule has 0 spiro atoms. The third-order valence-corrected chi connectivity index (χ3v) is 3.40. The topological polar surface area (TPSA) is 84.4 Å². The van der Waals surface area contributed by atoms with Gasteiger partial charge in [-0.1, -0.05) is 5.16 Å². The molecule has 7 heteroatoms. The Labute approximate surface area is 132 Å². The van der Waals surface area contributed by atoms with E-state index in [-0.39, 0.29) is 17.4 Å². The van der Waals surface area contributed by atoms with E-state index in [0.717, 1.165) is 11.3 Å². The highest BCUT2D eigenvalue weighted by atomic mass is 16.5. The first-order valence-electron chi connectivity index (χ1n) is 7.03. The molecule has 1 aromatic carbocycles. The summed E-state index contributed by atoms with van der Waals surface area (Å²) in [6.07, 6.45) is 1.83. The van der Waals surface area contributed by atoms with Crippen LogP contribution in [-0.2, 0) is 13.6 Å². The van der Waals surface area contributed by atoms with E-state index in [4.69, 9.17) is 4.52 Å². The molecule has 0 unspecified atom stereocenters. The van der Waals surface area contributed by atoms with Crippen molar-refractivity contribution in [1.29, 1.82) is 0 Å². The van der Waals surface area contributed by atoms with Gasteiger partial charge in [0.25, 0.3) is 5.91 Å². The van der Waals surface area contributed by atoms with Gasteiger partial charge in [-0.05, 0) is 30.3 Å². The van der Waals surface area contributed by atoms with Crippen LogP contribution in [0.15, 0.2) is 47.1 Å². The number of carbonyl (C=O) groups excluding carboxylic acids is 1. The second kappa shape index (κ2) is 5.96. The van der Waals surface area contributed by atoms with E-state index in [1.165, 1.54) is 4.90 Å². The first-order chi connectivity index (χ1) is 11.0. The zero-order valence-electron chi connectivity index (χ0n) is 12.8. The zero-order chi connectivity index (χ0) is 16.4. The van der Waals surface area contributed by atoms with E-state index < -0.39 is 0 Å². The van der Waals surface area contributed by atoms with Crippen molar-refractivity contribution >= 4 is 5.91 Å². The van der Waals surface area contributed by atoms with Gasteiger partial charge in [0.15, 0.2) is 11.5 Å². The number of hydrogen-bond donors (Lipinski definition) is 1. The summed E-state index contributed by atoms with van der Waals surface area (Å²) in [6, 6.07) is 9.93. The summed E-state index contributed by atoms with van der Waals surface area (Å²) in [6.45, 7) is 0.390. The number of rotatable bonds is 4. The number of nitrogens with zero attached hydrogens (tertiary/aromatic N) is 4. The third kappa shape index (κ3) is 3.23. The van der Waals surface area contributed by atoms with Gasteiger partial charge in [0, 0.05) is 31.9 Å². The molecular weight excluding hydrogens is 296 g/mol. The summed E-state index contributed by atoms with van der Waals surface area (Å²) in [4.78, 5) is 13.9. The predicted molar refractivity (Wildman–Crippen MR) is 82.6 cm³/mol. The molecule has 0 saturated carbocycles. The number of benzene rings is 1. The first kappa shape index (κ1) is 14.8. The smallest absolute Gasteiger partial charge is 0.276 e. The van der Waals surface area contributed by atoms with Gasteiger partial charge in [0.2, 0.25) is 0 Å². The van der Waals surface area contributed by atoms with Crippen LogP contribution in [0.3, 0.4) is 0 Å². The second-order valence-corrected chi connectivity index (χ2v) is 5.27. The van der Waals surface area contributed by atoms with Crippen molar-refractivity contribution < 1.29 is 14.4 Å². The molecule has 0 saturated heterocycles. The van der Waals surface area contributed by atoms with E-state index in [2.05, 4.69) is 10.3 Å². The van der Waals surface area contributed by atoms with Crippen molar-refractivity contribution in [2.75, 3.05) is 7.05 Å². The molecule has 23 heavy (non-hydrogen) atoms. The van der Waals surface area contributed by atoms with Crippen LogP contribution in [0.4, 0.5) is 0 Å².